The summed E-state index contributed by atoms with van der Waals surface area (Å²) in [6.07, 6.45) is 6.26. The van der Waals surface area contributed by atoms with E-state index in [0.717, 1.165) is 35.7 Å². The van der Waals surface area contributed by atoms with Crippen LogP contribution in [0.5, 0.6) is 5.75 Å². The molecule has 2 aromatic carbocycles. The fourth-order valence-electron chi connectivity index (χ4n) is 4.15. The molecule has 0 spiro atoms. The van der Waals surface area contributed by atoms with E-state index in [1.165, 1.54) is 27.7 Å². The molecule has 33 heavy (non-hydrogen) atoms. The Kier molecular flexibility index (Phi) is 8.35. The minimum Gasteiger partial charge on any atom is -0.492 e. The van der Waals surface area contributed by atoms with E-state index in [4.69, 9.17) is 4.74 Å². The van der Waals surface area contributed by atoms with Gasteiger partial charge in [0, 0.05) is 23.4 Å². The molecule has 3 aromatic rings. The number of nitrogens with one attached hydrogen (secondary N) is 2. The highest BCUT2D eigenvalue weighted by atomic mass is 33.1. The van der Waals surface area contributed by atoms with Crippen molar-refractivity contribution in [3.8, 4) is 5.75 Å². The molecule has 0 aliphatic heterocycles. The summed E-state index contributed by atoms with van der Waals surface area (Å²) in [6.45, 7) is 11.1. The third kappa shape index (κ3) is 5.49. The van der Waals surface area contributed by atoms with Crippen LogP contribution in [0, 0.1) is 0 Å². The molecule has 0 radical (unpaired) electrons. The number of fused-ring (bicyclic) bond motifs is 1. The molecule has 0 saturated heterocycles. The standard InChI is InChI=1S/C27H37N3OS2/c1-9-12-21(24-15-19-14-11-13-18(10-2)25(19)30(24)6)28-22-16-20(27(3,4)5)17-23(26(22)31-7)29-33-32-8/h11-17,28-29H,9-10H2,1-8H3/b21-12-. The lowest BCUT2D eigenvalue weighted by atomic mass is 9.86. The largest absolute Gasteiger partial charge is 0.492 e. The molecule has 1 aromatic heterocycles. The Morgan fingerprint density at radius 3 is 2.45 bits per heavy atom. The second kappa shape index (κ2) is 10.8. The molecular weight excluding hydrogens is 446 g/mol. The molecule has 178 valence electrons. The van der Waals surface area contributed by atoms with E-state index in [9.17, 15) is 0 Å². The van der Waals surface area contributed by atoms with Crippen LogP contribution in [0.4, 0.5) is 11.4 Å². The zero-order chi connectivity index (χ0) is 24.2. The molecule has 0 unspecified atom stereocenters. The molecule has 6 heteroatoms. The fraction of sp³-hybridized carbons (Fsp3) is 0.407. The van der Waals surface area contributed by atoms with Gasteiger partial charge in [0.25, 0.3) is 0 Å². The molecule has 0 aliphatic carbocycles. The van der Waals surface area contributed by atoms with Crippen LogP contribution in [0.1, 0.15) is 57.9 Å². The highest BCUT2D eigenvalue weighted by Gasteiger charge is 2.21. The number of para-hydroxylation sites is 1. The van der Waals surface area contributed by atoms with Crippen LogP contribution in [-0.4, -0.2) is 17.9 Å². The maximum Gasteiger partial charge on any atom is 0.166 e. The third-order valence-electron chi connectivity index (χ3n) is 5.87. The number of allylic oxidation sites excluding steroid dienone is 1. The minimum absolute atomic E-state index is 0.00741. The SMILES string of the molecule is CC/C=C(\Nc1cc(C(C)(C)C)cc(NSSC)c1OC)c1cc2cccc(CC)c2n1C. The number of aryl methyl sites for hydroxylation is 2. The summed E-state index contributed by atoms with van der Waals surface area (Å²) in [5.74, 6) is 0.819. The van der Waals surface area contributed by atoms with E-state index >= 15 is 0 Å². The van der Waals surface area contributed by atoms with Crippen molar-refractivity contribution in [3.05, 3.63) is 59.3 Å². The van der Waals surface area contributed by atoms with Crippen LogP contribution in [0.2, 0.25) is 0 Å². The fourth-order valence-corrected chi connectivity index (χ4v) is 4.99. The summed E-state index contributed by atoms with van der Waals surface area (Å²) >= 11 is 0. The van der Waals surface area contributed by atoms with Gasteiger partial charge in [-0.3, -0.25) is 0 Å². The first kappa shape index (κ1) is 25.4. The van der Waals surface area contributed by atoms with E-state index in [-0.39, 0.29) is 5.41 Å². The zero-order valence-corrected chi connectivity index (χ0v) is 22.8. The van der Waals surface area contributed by atoms with Crippen LogP contribution < -0.4 is 14.8 Å². The van der Waals surface area contributed by atoms with Crippen molar-refractivity contribution in [2.45, 2.75) is 52.9 Å². The average Bonchev–Trinajstić information content (AvgIpc) is 3.13. The van der Waals surface area contributed by atoms with Crippen molar-refractivity contribution in [3.63, 3.8) is 0 Å². The highest BCUT2D eigenvalue weighted by molar-refractivity contribution is 8.76. The first-order valence-corrected chi connectivity index (χ1v) is 14.0. The predicted octanol–water partition coefficient (Wildman–Crippen LogP) is 8.25. The van der Waals surface area contributed by atoms with Crippen molar-refractivity contribution in [2.24, 2.45) is 7.05 Å². The van der Waals surface area contributed by atoms with Gasteiger partial charge in [-0.15, -0.1) is 0 Å². The lowest BCUT2D eigenvalue weighted by Gasteiger charge is -2.25. The Morgan fingerprint density at radius 2 is 1.85 bits per heavy atom. The summed E-state index contributed by atoms with van der Waals surface area (Å²) in [6, 6.07) is 13.3. The molecule has 0 saturated carbocycles. The van der Waals surface area contributed by atoms with Crippen LogP contribution in [-0.2, 0) is 18.9 Å². The molecule has 0 amide bonds. The van der Waals surface area contributed by atoms with E-state index in [0.29, 0.717) is 0 Å². The number of methoxy groups -OCH3 is 1. The number of aromatic nitrogens is 1. The first-order chi connectivity index (χ1) is 15.7. The maximum absolute atomic E-state index is 5.90. The summed E-state index contributed by atoms with van der Waals surface area (Å²) in [7, 11) is 7.17. The smallest absolute Gasteiger partial charge is 0.166 e. The molecule has 2 N–H and O–H groups in total. The van der Waals surface area contributed by atoms with Crippen molar-refractivity contribution < 1.29 is 4.74 Å². The molecule has 1 heterocycles. The maximum atomic E-state index is 5.90. The second-order valence-corrected chi connectivity index (χ2v) is 11.4. The summed E-state index contributed by atoms with van der Waals surface area (Å²) in [5, 5.41) is 5.01. The summed E-state index contributed by atoms with van der Waals surface area (Å²) in [4.78, 5) is 0. The lowest BCUT2D eigenvalue weighted by molar-refractivity contribution is 0.418. The molecule has 0 bridgehead atoms. The first-order valence-electron chi connectivity index (χ1n) is 11.5. The van der Waals surface area contributed by atoms with Crippen molar-refractivity contribution in [2.75, 3.05) is 23.4 Å². The predicted molar refractivity (Wildman–Crippen MR) is 151 cm³/mol. The molecular formula is C27H37N3OS2. The Hall–Kier alpha value is -2.18. The quantitative estimate of drug-likeness (QED) is 0.237. The van der Waals surface area contributed by atoms with Gasteiger partial charge in [-0.1, -0.05) is 69.7 Å². The average molecular weight is 484 g/mol. The van der Waals surface area contributed by atoms with Gasteiger partial charge in [-0.05, 0) is 53.8 Å². The van der Waals surface area contributed by atoms with Crippen LogP contribution >= 0.6 is 21.8 Å². The van der Waals surface area contributed by atoms with Crippen LogP contribution in [0.3, 0.4) is 0 Å². The number of anilines is 2. The molecule has 0 atom stereocenters. The van der Waals surface area contributed by atoms with Gasteiger partial charge < -0.3 is 19.3 Å². The Balaban J connectivity index is 2.15. The van der Waals surface area contributed by atoms with Crippen molar-refractivity contribution in [1.82, 2.24) is 4.57 Å². The summed E-state index contributed by atoms with van der Waals surface area (Å²) < 4.78 is 11.7. The number of rotatable bonds is 9. The van der Waals surface area contributed by atoms with Gasteiger partial charge in [-0.25, -0.2) is 0 Å². The van der Waals surface area contributed by atoms with Gasteiger partial charge in [0.05, 0.1) is 35.4 Å². The number of hydrogen-bond donors (Lipinski definition) is 2. The zero-order valence-electron chi connectivity index (χ0n) is 21.1. The third-order valence-corrected chi connectivity index (χ3v) is 7.09. The van der Waals surface area contributed by atoms with E-state index in [1.54, 1.807) is 28.9 Å². The van der Waals surface area contributed by atoms with E-state index in [1.807, 2.05) is 0 Å². The number of ether oxygens (including phenoxy) is 1. The van der Waals surface area contributed by atoms with Gasteiger partial charge >= 0.3 is 0 Å². The Labute approximate surface area is 207 Å². The summed E-state index contributed by atoms with van der Waals surface area (Å²) in [5.41, 5.74) is 8.12. The molecule has 4 nitrogen and oxygen atoms in total. The number of benzene rings is 2. The van der Waals surface area contributed by atoms with Crippen molar-refractivity contribution >= 4 is 49.7 Å². The minimum atomic E-state index is 0.00741. The van der Waals surface area contributed by atoms with Gasteiger partial charge in [0.2, 0.25) is 0 Å². The second-order valence-electron chi connectivity index (χ2n) is 9.15. The van der Waals surface area contributed by atoms with Crippen LogP contribution in [0.25, 0.3) is 16.6 Å². The van der Waals surface area contributed by atoms with E-state index < -0.39 is 0 Å². The van der Waals surface area contributed by atoms with Gasteiger partial charge in [-0.2, -0.15) is 0 Å². The molecule has 0 aliphatic rings. The highest BCUT2D eigenvalue weighted by Crippen LogP contribution is 2.42. The van der Waals surface area contributed by atoms with E-state index in [2.05, 4.69) is 105 Å². The number of hydrogen-bond acceptors (Lipinski definition) is 5. The monoisotopic (exact) mass is 483 g/mol. The normalized spacial score (nSPS) is 12.3. The Bertz CT molecular complexity index is 1140. The molecule has 3 rings (SSSR count). The van der Waals surface area contributed by atoms with Gasteiger partial charge in [0.1, 0.15) is 0 Å². The number of nitrogens with zero attached hydrogens (tertiary/aromatic N) is 1. The topological polar surface area (TPSA) is 38.2 Å². The van der Waals surface area contributed by atoms with Crippen molar-refractivity contribution in [1.29, 1.82) is 0 Å². The van der Waals surface area contributed by atoms with Crippen LogP contribution in [0.15, 0.2) is 42.5 Å². The van der Waals surface area contributed by atoms with Gasteiger partial charge in [0.15, 0.2) is 5.75 Å². The Morgan fingerprint density at radius 1 is 1.12 bits per heavy atom. The lowest BCUT2D eigenvalue weighted by Crippen LogP contribution is -2.13. The molecule has 0 fully saturated rings.